The third-order valence-corrected chi connectivity index (χ3v) is 5.37. The molecule has 0 unspecified atom stereocenters. The molecule has 4 nitrogen and oxygen atoms in total. The van der Waals surface area contributed by atoms with Gasteiger partial charge in [-0.15, -0.1) is 11.3 Å². The van der Waals surface area contributed by atoms with Gasteiger partial charge in [0.2, 0.25) is 0 Å². The number of nitrogens with zero attached hydrogens (tertiary/aromatic N) is 2. The zero-order valence-corrected chi connectivity index (χ0v) is 12.2. The second-order valence-electron chi connectivity index (χ2n) is 5.71. The minimum atomic E-state index is 0.0532. The molecule has 20 heavy (non-hydrogen) atoms. The van der Waals surface area contributed by atoms with Crippen LogP contribution in [0.4, 0.5) is 0 Å². The molecule has 1 N–H and O–H groups in total. The first-order chi connectivity index (χ1) is 9.74. The van der Waals surface area contributed by atoms with Gasteiger partial charge in [-0.05, 0) is 49.3 Å². The van der Waals surface area contributed by atoms with Gasteiger partial charge in [0.1, 0.15) is 5.69 Å². The van der Waals surface area contributed by atoms with Crippen LogP contribution in [0, 0.1) is 0 Å². The van der Waals surface area contributed by atoms with E-state index in [2.05, 4.69) is 28.6 Å². The van der Waals surface area contributed by atoms with Crippen molar-refractivity contribution in [2.45, 2.75) is 38.1 Å². The molecule has 104 valence electrons. The van der Waals surface area contributed by atoms with E-state index in [4.69, 9.17) is 0 Å². The zero-order valence-electron chi connectivity index (χ0n) is 11.4. The standard InChI is InChI=1S/C15H17N3OS/c1-9-11-5-7-20-14(11)4-6-18(9)15(19)13-8-12(16-17-13)10-2-3-10/h5,7-10H,2-4,6H2,1H3,(H,16,17)/t9-/m1/s1. The lowest BCUT2D eigenvalue weighted by Gasteiger charge is -2.33. The molecule has 0 radical (unpaired) electrons. The Labute approximate surface area is 121 Å². The Kier molecular flexibility index (Phi) is 2.70. The van der Waals surface area contributed by atoms with E-state index in [0.717, 1.165) is 18.7 Å². The van der Waals surface area contributed by atoms with Crippen LogP contribution in [0.25, 0.3) is 0 Å². The summed E-state index contributed by atoms with van der Waals surface area (Å²) in [5, 5.41) is 9.36. The van der Waals surface area contributed by atoms with Crippen molar-refractivity contribution in [1.82, 2.24) is 15.1 Å². The molecule has 1 aliphatic carbocycles. The molecule has 2 aromatic rings. The van der Waals surface area contributed by atoms with Gasteiger partial charge in [-0.3, -0.25) is 9.89 Å². The second-order valence-corrected chi connectivity index (χ2v) is 6.71. The third kappa shape index (κ3) is 1.88. The Morgan fingerprint density at radius 2 is 2.35 bits per heavy atom. The number of carbonyl (C=O) groups excluding carboxylic acids is 1. The highest BCUT2D eigenvalue weighted by molar-refractivity contribution is 7.10. The number of rotatable bonds is 2. The zero-order chi connectivity index (χ0) is 13.7. The van der Waals surface area contributed by atoms with E-state index in [1.807, 2.05) is 11.0 Å². The van der Waals surface area contributed by atoms with Crippen LogP contribution < -0.4 is 0 Å². The van der Waals surface area contributed by atoms with E-state index in [1.165, 1.54) is 23.3 Å². The van der Waals surface area contributed by atoms with Crippen LogP contribution in [-0.2, 0) is 6.42 Å². The van der Waals surface area contributed by atoms with E-state index in [0.29, 0.717) is 11.6 Å². The minimum Gasteiger partial charge on any atom is -0.330 e. The van der Waals surface area contributed by atoms with Gasteiger partial charge in [0, 0.05) is 23.0 Å². The number of fused-ring (bicyclic) bond motifs is 1. The van der Waals surface area contributed by atoms with Crippen LogP contribution in [0.3, 0.4) is 0 Å². The normalized spacial score (nSPS) is 21.9. The van der Waals surface area contributed by atoms with Gasteiger partial charge in [0.25, 0.3) is 5.91 Å². The fourth-order valence-corrected chi connectivity index (χ4v) is 3.95. The Hall–Kier alpha value is -1.62. The van der Waals surface area contributed by atoms with E-state index in [-0.39, 0.29) is 11.9 Å². The number of nitrogens with one attached hydrogen (secondary N) is 1. The van der Waals surface area contributed by atoms with Crippen LogP contribution in [0.5, 0.6) is 0 Å². The summed E-state index contributed by atoms with van der Waals surface area (Å²) in [5.74, 6) is 0.656. The molecule has 1 atom stereocenters. The molecular weight excluding hydrogens is 270 g/mol. The molecule has 1 aliphatic heterocycles. The number of aromatic amines is 1. The molecule has 1 saturated carbocycles. The van der Waals surface area contributed by atoms with E-state index in [1.54, 1.807) is 11.3 Å². The van der Waals surface area contributed by atoms with Crippen molar-refractivity contribution < 1.29 is 4.79 Å². The van der Waals surface area contributed by atoms with Gasteiger partial charge >= 0.3 is 0 Å². The molecule has 2 aromatic heterocycles. The summed E-state index contributed by atoms with van der Waals surface area (Å²) in [6.45, 7) is 2.90. The summed E-state index contributed by atoms with van der Waals surface area (Å²) >= 11 is 1.80. The molecule has 2 aliphatic rings. The average molecular weight is 287 g/mol. The lowest BCUT2D eigenvalue weighted by Crippen LogP contribution is -2.38. The van der Waals surface area contributed by atoms with E-state index in [9.17, 15) is 4.79 Å². The highest BCUT2D eigenvalue weighted by atomic mass is 32.1. The fraction of sp³-hybridized carbons (Fsp3) is 0.467. The number of thiophene rings is 1. The molecule has 1 fully saturated rings. The van der Waals surface area contributed by atoms with Crippen molar-refractivity contribution in [1.29, 1.82) is 0 Å². The van der Waals surface area contributed by atoms with Gasteiger partial charge in [0.05, 0.1) is 6.04 Å². The fourth-order valence-electron chi connectivity index (χ4n) is 2.98. The number of hydrogen-bond acceptors (Lipinski definition) is 3. The molecule has 5 heteroatoms. The molecule has 0 aromatic carbocycles. The molecule has 0 spiro atoms. The van der Waals surface area contributed by atoms with Gasteiger partial charge in [0.15, 0.2) is 0 Å². The van der Waals surface area contributed by atoms with Crippen LogP contribution >= 0.6 is 11.3 Å². The smallest absolute Gasteiger partial charge is 0.274 e. The van der Waals surface area contributed by atoms with E-state index >= 15 is 0 Å². The van der Waals surface area contributed by atoms with E-state index < -0.39 is 0 Å². The maximum Gasteiger partial charge on any atom is 0.274 e. The predicted octanol–water partition coefficient (Wildman–Crippen LogP) is 3.11. The Bertz CT molecular complexity index is 656. The quantitative estimate of drug-likeness (QED) is 0.922. The minimum absolute atomic E-state index is 0.0532. The summed E-state index contributed by atoms with van der Waals surface area (Å²) in [6, 6.07) is 4.23. The summed E-state index contributed by atoms with van der Waals surface area (Å²) in [5.41, 5.74) is 2.99. The first kappa shape index (κ1) is 12.1. The number of H-pyrrole nitrogens is 1. The Balaban J connectivity index is 1.59. The third-order valence-electron chi connectivity index (χ3n) is 4.37. The summed E-state index contributed by atoms with van der Waals surface area (Å²) in [7, 11) is 0. The number of amides is 1. The van der Waals surface area contributed by atoms with Gasteiger partial charge in [-0.25, -0.2) is 0 Å². The topological polar surface area (TPSA) is 49.0 Å². The van der Waals surface area contributed by atoms with Crippen molar-refractivity contribution >= 4 is 17.2 Å². The van der Waals surface area contributed by atoms with Crippen molar-refractivity contribution in [2.75, 3.05) is 6.54 Å². The summed E-state index contributed by atoms with van der Waals surface area (Å²) < 4.78 is 0. The molecule has 0 saturated heterocycles. The SMILES string of the molecule is C[C@@H]1c2ccsc2CCN1C(=O)c1cc(C2CC2)[nH]n1. The van der Waals surface area contributed by atoms with Crippen LogP contribution in [0.2, 0.25) is 0 Å². The highest BCUT2D eigenvalue weighted by Crippen LogP contribution is 2.39. The number of hydrogen-bond donors (Lipinski definition) is 1. The number of carbonyl (C=O) groups is 1. The van der Waals surface area contributed by atoms with Crippen LogP contribution in [0.1, 0.15) is 58.3 Å². The summed E-state index contributed by atoms with van der Waals surface area (Å²) in [6.07, 6.45) is 3.39. The molecule has 3 heterocycles. The Morgan fingerprint density at radius 3 is 3.15 bits per heavy atom. The first-order valence-electron chi connectivity index (χ1n) is 7.16. The maximum atomic E-state index is 12.6. The second kappa shape index (κ2) is 4.45. The van der Waals surface area contributed by atoms with Crippen molar-refractivity contribution in [3.63, 3.8) is 0 Å². The largest absolute Gasteiger partial charge is 0.330 e. The average Bonchev–Trinajstić information content (AvgIpc) is 3.01. The van der Waals surface area contributed by atoms with Crippen molar-refractivity contribution in [3.8, 4) is 0 Å². The first-order valence-corrected chi connectivity index (χ1v) is 8.04. The van der Waals surface area contributed by atoms with Crippen molar-refractivity contribution in [2.24, 2.45) is 0 Å². The van der Waals surface area contributed by atoms with Crippen LogP contribution in [-0.4, -0.2) is 27.5 Å². The molecule has 1 amide bonds. The van der Waals surface area contributed by atoms with Gasteiger partial charge < -0.3 is 4.90 Å². The van der Waals surface area contributed by atoms with Crippen molar-refractivity contribution in [3.05, 3.63) is 39.3 Å². The number of aromatic nitrogens is 2. The summed E-state index contributed by atoms with van der Waals surface area (Å²) in [4.78, 5) is 16.0. The van der Waals surface area contributed by atoms with Crippen LogP contribution in [0.15, 0.2) is 17.5 Å². The predicted molar refractivity (Wildman–Crippen MR) is 78.0 cm³/mol. The molecule has 4 rings (SSSR count). The monoisotopic (exact) mass is 287 g/mol. The van der Waals surface area contributed by atoms with Gasteiger partial charge in [-0.1, -0.05) is 0 Å². The highest BCUT2D eigenvalue weighted by Gasteiger charge is 2.31. The maximum absolute atomic E-state index is 12.6. The Morgan fingerprint density at radius 1 is 1.50 bits per heavy atom. The lowest BCUT2D eigenvalue weighted by atomic mass is 10.0. The molecule has 0 bridgehead atoms. The lowest BCUT2D eigenvalue weighted by molar-refractivity contribution is 0.0673. The molecular formula is C15H17N3OS. The van der Waals surface area contributed by atoms with Gasteiger partial charge in [-0.2, -0.15) is 5.10 Å².